The van der Waals surface area contributed by atoms with Gasteiger partial charge in [0.2, 0.25) is 5.95 Å². The largest absolute Gasteiger partial charge is 0.341 e. The summed E-state index contributed by atoms with van der Waals surface area (Å²) in [6.45, 7) is 2.07. The van der Waals surface area contributed by atoms with Crippen molar-refractivity contribution in [3.63, 3.8) is 0 Å². The fourth-order valence-corrected chi connectivity index (χ4v) is 3.37. The topological polar surface area (TPSA) is 52.8 Å². The lowest BCUT2D eigenvalue weighted by atomic mass is 9.77. The van der Waals surface area contributed by atoms with Crippen molar-refractivity contribution in [1.29, 1.82) is 5.26 Å². The molecular weight excluding hydrogens is 224 g/mol. The van der Waals surface area contributed by atoms with E-state index >= 15 is 0 Å². The number of aromatic nitrogens is 2. The van der Waals surface area contributed by atoms with Crippen molar-refractivity contribution in [3.05, 3.63) is 18.0 Å². The van der Waals surface area contributed by atoms with Gasteiger partial charge in [0.15, 0.2) is 0 Å². The Balaban J connectivity index is 1.70. The number of rotatable bonds is 1. The van der Waals surface area contributed by atoms with Gasteiger partial charge in [0.05, 0.1) is 0 Å². The Morgan fingerprint density at radius 2 is 1.89 bits per heavy atom. The summed E-state index contributed by atoms with van der Waals surface area (Å²) in [4.78, 5) is 10.8. The lowest BCUT2D eigenvalue weighted by Crippen LogP contribution is -2.39. The summed E-state index contributed by atoms with van der Waals surface area (Å²) in [6, 6.07) is 3.74. The van der Waals surface area contributed by atoms with Gasteiger partial charge in [-0.25, -0.2) is 9.97 Å². The van der Waals surface area contributed by atoms with Crippen molar-refractivity contribution in [1.82, 2.24) is 9.97 Å². The zero-order chi connectivity index (χ0) is 12.4. The first kappa shape index (κ1) is 11.5. The second-order valence-electron chi connectivity index (χ2n) is 5.55. The average Bonchev–Trinajstić information content (AvgIpc) is 2.88. The van der Waals surface area contributed by atoms with E-state index in [1.165, 1.54) is 38.5 Å². The highest BCUT2D eigenvalue weighted by Gasteiger charge is 2.37. The minimum absolute atomic E-state index is 0.459. The number of anilines is 1. The molecule has 1 saturated carbocycles. The van der Waals surface area contributed by atoms with Crippen LogP contribution in [0.15, 0.2) is 12.3 Å². The van der Waals surface area contributed by atoms with E-state index in [9.17, 15) is 0 Å². The third kappa shape index (κ3) is 2.05. The van der Waals surface area contributed by atoms with E-state index in [1.54, 1.807) is 12.3 Å². The molecular formula is C14H18N4. The zero-order valence-electron chi connectivity index (χ0n) is 10.6. The first-order valence-corrected chi connectivity index (χ1v) is 6.79. The first-order chi connectivity index (χ1) is 8.81. The monoisotopic (exact) mass is 242 g/mol. The van der Waals surface area contributed by atoms with E-state index in [0.29, 0.717) is 11.1 Å². The molecule has 0 bridgehead atoms. The summed E-state index contributed by atoms with van der Waals surface area (Å²) >= 11 is 0. The van der Waals surface area contributed by atoms with Gasteiger partial charge in [-0.2, -0.15) is 5.26 Å². The van der Waals surface area contributed by atoms with E-state index < -0.39 is 0 Å². The van der Waals surface area contributed by atoms with Gasteiger partial charge in [-0.1, -0.05) is 12.8 Å². The van der Waals surface area contributed by atoms with Crippen molar-refractivity contribution < 1.29 is 0 Å². The van der Waals surface area contributed by atoms with Gasteiger partial charge in [0.1, 0.15) is 11.8 Å². The summed E-state index contributed by atoms with van der Waals surface area (Å²) in [5.41, 5.74) is 1.07. The second kappa shape index (κ2) is 4.56. The van der Waals surface area contributed by atoms with Crippen molar-refractivity contribution >= 4 is 5.95 Å². The van der Waals surface area contributed by atoms with Crippen molar-refractivity contribution in [3.8, 4) is 6.07 Å². The lowest BCUT2D eigenvalue weighted by Gasteiger charge is -2.39. The maximum absolute atomic E-state index is 8.87. The molecule has 1 spiro atoms. The summed E-state index contributed by atoms with van der Waals surface area (Å²) in [5.74, 6) is 0.724. The molecule has 4 nitrogen and oxygen atoms in total. The minimum Gasteiger partial charge on any atom is -0.341 e. The van der Waals surface area contributed by atoms with Crippen LogP contribution in [0.2, 0.25) is 0 Å². The molecule has 18 heavy (non-hydrogen) atoms. The Bertz CT molecular complexity index is 461. The molecule has 1 aliphatic carbocycles. The van der Waals surface area contributed by atoms with E-state index in [-0.39, 0.29) is 0 Å². The molecule has 2 fully saturated rings. The lowest BCUT2D eigenvalue weighted by molar-refractivity contribution is 0.225. The predicted octanol–water partition coefficient (Wildman–Crippen LogP) is 2.51. The second-order valence-corrected chi connectivity index (χ2v) is 5.55. The Hall–Kier alpha value is -1.63. The zero-order valence-corrected chi connectivity index (χ0v) is 10.6. The van der Waals surface area contributed by atoms with E-state index in [0.717, 1.165) is 19.0 Å². The Morgan fingerprint density at radius 1 is 1.17 bits per heavy atom. The third-order valence-corrected chi connectivity index (χ3v) is 4.53. The molecule has 3 rings (SSSR count). The van der Waals surface area contributed by atoms with E-state index in [1.807, 2.05) is 0 Å². The van der Waals surface area contributed by atoms with Gasteiger partial charge in [0, 0.05) is 19.3 Å². The van der Waals surface area contributed by atoms with Crippen LogP contribution in [-0.2, 0) is 0 Å². The Morgan fingerprint density at radius 3 is 2.56 bits per heavy atom. The number of nitriles is 1. The van der Waals surface area contributed by atoms with Crippen LogP contribution in [0.1, 0.15) is 44.2 Å². The number of piperidine rings is 1. The molecule has 2 heterocycles. The summed E-state index contributed by atoms with van der Waals surface area (Å²) in [7, 11) is 0. The summed E-state index contributed by atoms with van der Waals surface area (Å²) < 4.78 is 0. The van der Waals surface area contributed by atoms with Gasteiger partial charge in [-0.05, 0) is 37.2 Å². The van der Waals surface area contributed by atoms with Crippen LogP contribution in [0, 0.1) is 16.7 Å². The van der Waals surface area contributed by atoms with Gasteiger partial charge in [0.25, 0.3) is 0 Å². The smallest absolute Gasteiger partial charge is 0.226 e. The van der Waals surface area contributed by atoms with Crippen LogP contribution in [0.25, 0.3) is 0 Å². The Kier molecular flexibility index (Phi) is 2.91. The molecule has 0 aromatic carbocycles. The summed E-state index contributed by atoms with van der Waals surface area (Å²) in [6.07, 6.45) is 9.81. The first-order valence-electron chi connectivity index (χ1n) is 6.79. The van der Waals surface area contributed by atoms with Gasteiger partial charge in [-0.15, -0.1) is 0 Å². The Labute approximate surface area is 108 Å². The molecule has 1 aromatic rings. The van der Waals surface area contributed by atoms with E-state index in [2.05, 4.69) is 20.9 Å². The summed E-state index contributed by atoms with van der Waals surface area (Å²) in [5, 5.41) is 8.87. The highest BCUT2D eigenvalue weighted by atomic mass is 15.3. The standard InChI is InChI=1S/C14H18N4/c15-11-12-3-8-16-13(17-12)18-9-6-14(7-10-18)4-1-2-5-14/h3,8H,1-2,4-7,9-10H2. The number of hydrogen-bond acceptors (Lipinski definition) is 4. The van der Waals surface area contributed by atoms with Crippen LogP contribution in [0.4, 0.5) is 5.95 Å². The number of hydrogen-bond donors (Lipinski definition) is 0. The van der Waals surface area contributed by atoms with Gasteiger partial charge in [-0.3, -0.25) is 0 Å². The molecule has 94 valence electrons. The maximum Gasteiger partial charge on any atom is 0.226 e. The maximum atomic E-state index is 8.87. The third-order valence-electron chi connectivity index (χ3n) is 4.53. The van der Waals surface area contributed by atoms with Crippen molar-refractivity contribution in [2.75, 3.05) is 18.0 Å². The highest BCUT2D eigenvalue weighted by molar-refractivity contribution is 5.34. The van der Waals surface area contributed by atoms with Gasteiger partial charge >= 0.3 is 0 Å². The SMILES string of the molecule is N#Cc1ccnc(N2CCC3(CCCC3)CC2)n1. The highest BCUT2D eigenvalue weighted by Crippen LogP contribution is 2.46. The average molecular weight is 242 g/mol. The van der Waals surface area contributed by atoms with Crippen LogP contribution in [0.5, 0.6) is 0 Å². The quantitative estimate of drug-likeness (QED) is 0.759. The minimum atomic E-state index is 0.459. The molecule has 0 N–H and O–H groups in total. The molecule has 2 aliphatic rings. The van der Waals surface area contributed by atoms with Crippen molar-refractivity contribution in [2.24, 2.45) is 5.41 Å². The number of nitrogens with zero attached hydrogens (tertiary/aromatic N) is 4. The van der Waals surface area contributed by atoms with Gasteiger partial charge < -0.3 is 4.90 Å². The molecule has 1 saturated heterocycles. The normalized spacial score (nSPS) is 22.1. The molecule has 4 heteroatoms. The molecule has 0 unspecified atom stereocenters. The van der Waals surface area contributed by atoms with Crippen molar-refractivity contribution in [2.45, 2.75) is 38.5 Å². The van der Waals surface area contributed by atoms with Crippen LogP contribution >= 0.6 is 0 Å². The van der Waals surface area contributed by atoms with Crippen LogP contribution in [-0.4, -0.2) is 23.1 Å². The molecule has 1 aromatic heterocycles. The van der Waals surface area contributed by atoms with E-state index in [4.69, 9.17) is 5.26 Å². The molecule has 0 atom stereocenters. The predicted molar refractivity (Wildman–Crippen MR) is 69.1 cm³/mol. The van der Waals surface area contributed by atoms with Crippen LogP contribution in [0.3, 0.4) is 0 Å². The molecule has 0 amide bonds. The fraction of sp³-hybridized carbons (Fsp3) is 0.643. The fourth-order valence-electron chi connectivity index (χ4n) is 3.37. The molecule has 1 aliphatic heterocycles. The molecule has 0 radical (unpaired) electrons. The van der Waals surface area contributed by atoms with Crippen LogP contribution < -0.4 is 4.90 Å².